The number of carbonyl (C=O) groups excluding carboxylic acids is 1. The molecule has 0 bridgehead atoms. The minimum atomic E-state index is -4.02. The Bertz CT molecular complexity index is 869. The van der Waals surface area contributed by atoms with Gasteiger partial charge in [0.2, 0.25) is 10.0 Å². The van der Waals surface area contributed by atoms with E-state index in [-0.39, 0.29) is 22.3 Å². The number of rotatable bonds is 5. The second-order valence-electron chi connectivity index (χ2n) is 5.69. The molecule has 1 aromatic carbocycles. The third-order valence-corrected chi connectivity index (χ3v) is 7.28. The van der Waals surface area contributed by atoms with Crippen molar-refractivity contribution in [1.29, 1.82) is 0 Å². The van der Waals surface area contributed by atoms with Crippen molar-refractivity contribution in [3.8, 4) is 0 Å². The summed E-state index contributed by atoms with van der Waals surface area (Å²) in [4.78, 5) is 11.5. The summed E-state index contributed by atoms with van der Waals surface area (Å²) in [6.45, 7) is 3.32. The maximum Gasteiger partial charge on any atom is 0.407 e. The van der Waals surface area contributed by atoms with Gasteiger partial charge in [0.1, 0.15) is 0 Å². The number of carbonyl (C=O) groups is 1. The van der Waals surface area contributed by atoms with E-state index in [1.165, 1.54) is 6.07 Å². The van der Waals surface area contributed by atoms with Crippen LogP contribution in [0.1, 0.15) is 12.5 Å². The molecule has 1 heterocycles. The van der Waals surface area contributed by atoms with Crippen molar-refractivity contribution >= 4 is 37.6 Å². The Morgan fingerprint density at radius 3 is 2.60 bits per heavy atom. The third kappa shape index (κ3) is 5.06. The molecular formula is C14H19ClN2O6S2. The van der Waals surface area contributed by atoms with E-state index < -0.39 is 43.8 Å². The van der Waals surface area contributed by atoms with Crippen molar-refractivity contribution in [3.63, 3.8) is 0 Å². The lowest BCUT2D eigenvalue weighted by Crippen LogP contribution is -2.51. The summed E-state index contributed by atoms with van der Waals surface area (Å²) in [6, 6.07) is 2.48. The molecule has 0 saturated carbocycles. The lowest BCUT2D eigenvalue weighted by Gasteiger charge is -2.21. The van der Waals surface area contributed by atoms with Crippen molar-refractivity contribution < 1.29 is 26.4 Å². The van der Waals surface area contributed by atoms with Crippen LogP contribution in [0.4, 0.5) is 4.79 Å². The zero-order valence-corrected chi connectivity index (χ0v) is 16.0. The van der Waals surface area contributed by atoms with Gasteiger partial charge in [0.15, 0.2) is 9.84 Å². The molecule has 0 radical (unpaired) electrons. The highest BCUT2D eigenvalue weighted by molar-refractivity contribution is 7.92. The normalized spacial score (nSPS) is 22.5. The average molecular weight is 411 g/mol. The number of amides is 1. The van der Waals surface area contributed by atoms with E-state index in [0.29, 0.717) is 5.56 Å². The molecule has 0 aromatic heterocycles. The van der Waals surface area contributed by atoms with Gasteiger partial charge in [-0.3, -0.25) is 0 Å². The van der Waals surface area contributed by atoms with Crippen LogP contribution in [0.3, 0.4) is 0 Å². The van der Waals surface area contributed by atoms with Gasteiger partial charge in [0, 0.05) is 5.02 Å². The van der Waals surface area contributed by atoms with Gasteiger partial charge in [-0.05, 0) is 31.5 Å². The zero-order valence-electron chi connectivity index (χ0n) is 13.7. The molecule has 0 unspecified atom stereocenters. The van der Waals surface area contributed by atoms with Crippen molar-refractivity contribution in [3.05, 3.63) is 28.8 Å². The van der Waals surface area contributed by atoms with Crippen molar-refractivity contribution in [2.24, 2.45) is 0 Å². The van der Waals surface area contributed by atoms with Gasteiger partial charge in [0.05, 0.1) is 35.1 Å². The van der Waals surface area contributed by atoms with Crippen LogP contribution in [0, 0.1) is 6.92 Å². The largest absolute Gasteiger partial charge is 0.450 e. The molecule has 2 N–H and O–H groups in total. The monoisotopic (exact) mass is 410 g/mol. The number of sulfone groups is 1. The molecular weight excluding hydrogens is 392 g/mol. The summed E-state index contributed by atoms with van der Waals surface area (Å²) in [7, 11) is -7.52. The molecule has 1 amide bonds. The number of nitrogens with one attached hydrogen (secondary N) is 2. The fourth-order valence-corrected chi connectivity index (χ4v) is 6.31. The summed E-state index contributed by atoms with van der Waals surface area (Å²) < 4.78 is 56.1. The molecule has 1 fully saturated rings. The predicted octanol–water partition coefficient (Wildman–Crippen LogP) is 0.838. The van der Waals surface area contributed by atoms with Crippen LogP contribution < -0.4 is 10.0 Å². The topological polar surface area (TPSA) is 119 Å². The molecule has 140 valence electrons. The Balaban J connectivity index is 2.26. The first-order valence-corrected chi connectivity index (χ1v) is 11.1. The second-order valence-corrected chi connectivity index (χ2v) is 9.96. The minimum absolute atomic E-state index is 0.0424. The van der Waals surface area contributed by atoms with Gasteiger partial charge in [-0.2, -0.15) is 0 Å². The van der Waals surface area contributed by atoms with Gasteiger partial charge in [-0.1, -0.05) is 17.7 Å². The lowest BCUT2D eigenvalue weighted by atomic mass is 10.2. The number of ether oxygens (including phenoxy) is 1. The van der Waals surface area contributed by atoms with Crippen molar-refractivity contribution in [2.45, 2.75) is 30.8 Å². The molecule has 25 heavy (non-hydrogen) atoms. The van der Waals surface area contributed by atoms with Crippen molar-refractivity contribution in [2.75, 3.05) is 18.1 Å². The summed E-state index contributed by atoms with van der Waals surface area (Å²) in [5.74, 6) is -0.781. The van der Waals surface area contributed by atoms with Crippen LogP contribution in [0.5, 0.6) is 0 Å². The first kappa shape index (κ1) is 20.0. The number of halogens is 1. The number of sulfonamides is 1. The van der Waals surface area contributed by atoms with Crippen LogP contribution in [-0.4, -0.2) is 53.1 Å². The van der Waals surface area contributed by atoms with Crippen LogP contribution in [0.2, 0.25) is 5.02 Å². The number of hydrogen-bond donors (Lipinski definition) is 2. The highest BCUT2D eigenvalue weighted by atomic mass is 35.5. The highest BCUT2D eigenvalue weighted by Gasteiger charge is 2.41. The summed E-state index contributed by atoms with van der Waals surface area (Å²) in [6.07, 6.45) is -0.798. The smallest absolute Gasteiger partial charge is 0.407 e. The van der Waals surface area contributed by atoms with Gasteiger partial charge < -0.3 is 10.1 Å². The van der Waals surface area contributed by atoms with E-state index in [4.69, 9.17) is 16.3 Å². The van der Waals surface area contributed by atoms with E-state index in [2.05, 4.69) is 10.0 Å². The van der Waals surface area contributed by atoms with Gasteiger partial charge >= 0.3 is 6.09 Å². The van der Waals surface area contributed by atoms with Gasteiger partial charge in [-0.15, -0.1) is 0 Å². The first-order valence-electron chi connectivity index (χ1n) is 7.46. The van der Waals surface area contributed by atoms with Crippen LogP contribution in [0.15, 0.2) is 23.1 Å². The Kier molecular flexibility index (Phi) is 5.97. The number of hydrogen-bond acceptors (Lipinski definition) is 6. The van der Waals surface area contributed by atoms with Gasteiger partial charge in [-0.25, -0.2) is 26.4 Å². The number of benzene rings is 1. The number of aryl methyl sites for hydroxylation is 1. The second kappa shape index (κ2) is 7.48. The van der Waals surface area contributed by atoms with E-state index in [1.807, 2.05) is 0 Å². The molecule has 1 aliphatic heterocycles. The zero-order chi connectivity index (χ0) is 18.8. The maximum absolute atomic E-state index is 12.6. The molecule has 11 heteroatoms. The molecule has 2 rings (SSSR count). The first-order chi connectivity index (χ1) is 11.5. The molecule has 0 aliphatic carbocycles. The van der Waals surface area contributed by atoms with Crippen LogP contribution >= 0.6 is 11.6 Å². The maximum atomic E-state index is 12.6. The predicted molar refractivity (Wildman–Crippen MR) is 92.9 cm³/mol. The quantitative estimate of drug-likeness (QED) is 0.742. The molecule has 2 atom stereocenters. The molecule has 8 nitrogen and oxygen atoms in total. The van der Waals surface area contributed by atoms with E-state index in [0.717, 1.165) is 0 Å². The summed E-state index contributed by atoms with van der Waals surface area (Å²) >= 11 is 5.86. The van der Waals surface area contributed by atoms with E-state index in [9.17, 15) is 21.6 Å². The summed E-state index contributed by atoms with van der Waals surface area (Å²) in [5.41, 5.74) is 0.465. The fourth-order valence-electron chi connectivity index (χ4n) is 2.56. The Morgan fingerprint density at radius 2 is 1.96 bits per heavy atom. The van der Waals surface area contributed by atoms with Crippen LogP contribution in [0.25, 0.3) is 0 Å². The molecule has 1 aliphatic rings. The molecule has 1 saturated heterocycles. The summed E-state index contributed by atoms with van der Waals surface area (Å²) in [5, 5.41) is 2.63. The molecule has 1 aromatic rings. The Hall–Kier alpha value is -1.36. The lowest BCUT2D eigenvalue weighted by molar-refractivity contribution is 0.148. The Morgan fingerprint density at radius 1 is 1.32 bits per heavy atom. The SMILES string of the molecule is CCOC(=O)N[C@@H]1CS(=O)(=O)C[C@H]1NS(=O)(=O)c1cc(Cl)ccc1C. The third-order valence-electron chi connectivity index (χ3n) is 3.68. The fraction of sp³-hybridized carbons (Fsp3) is 0.500. The minimum Gasteiger partial charge on any atom is -0.450 e. The van der Waals surface area contributed by atoms with E-state index in [1.54, 1.807) is 26.0 Å². The van der Waals surface area contributed by atoms with Gasteiger partial charge in [0.25, 0.3) is 0 Å². The Labute approximate surface area is 151 Å². The average Bonchev–Trinajstić information content (AvgIpc) is 2.74. The standard InChI is InChI=1S/C14H19ClN2O6S2/c1-3-23-14(18)16-11-7-24(19,20)8-12(11)17-25(21,22)13-6-10(15)5-4-9(13)2/h4-6,11-12,17H,3,7-8H2,1-2H3,(H,16,18)/t11-,12-/m1/s1. The molecule has 0 spiro atoms. The number of alkyl carbamates (subject to hydrolysis) is 1. The van der Waals surface area contributed by atoms with Crippen molar-refractivity contribution in [1.82, 2.24) is 10.0 Å². The highest BCUT2D eigenvalue weighted by Crippen LogP contribution is 2.22. The van der Waals surface area contributed by atoms with E-state index >= 15 is 0 Å². The van der Waals surface area contributed by atoms with Crippen LogP contribution in [-0.2, 0) is 24.6 Å².